The van der Waals surface area contributed by atoms with Crippen molar-refractivity contribution in [3.05, 3.63) is 35.1 Å². The Morgan fingerprint density at radius 2 is 1.59 bits per heavy atom. The van der Waals surface area contributed by atoms with E-state index >= 15 is 0 Å². The lowest BCUT2D eigenvalue weighted by molar-refractivity contribution is 0.0818. The lowest BCUT2D eigenvalue weighted by atomic mass is 9.80. The number of carbonyl (C=O) groups excluding carboxylic acids is 1. The molecular weight excluding hydrogens is 229 g/mol. The molecule has 1 nitrogen and oxygen atoms in total. The van der Waals surface area contributed by atoms with E-state index in [1.165, 1.54) is 0 Å². The molecule has 0 spiro atoms. The fourth-order valence-corrected chi connectivity index (χ4v) is 2.40. The molecule has 1 aromatic carbocycles. The van der Waals surface area contributed by atoms with E-state index in [0.29, 0.717) is 25.0 Å². The quantitative estimate of drug-likeness (QED) is 0.568. The largest absolute Gasteiger partial charge is 0.293 e. The van der Waals surface area contributed by atoms with E-state index in [9.17, 15) is 18.0 Å². The van der Waals surface area contributed by atoms with Crippen LogP contribution in [-0.2, 0) is 0 Å². The smallest absolute Gasteiger partial charge is 0.171 e. The summed E-state index contributed by atoms with van der Waals surface area (Å²) in [4.78, 5) is 12.1. The van der Waals surface area contributed by atoms with Crippen LogP contribution < -0.4 is 0 Å². The Hall–Kier alpha value is -1.32. The second kappa shape index (κ2) is 4.17. The lowest BCUT2D eigenvalue weighted by Gasteiger charge is -2.21. The molecule has 0 unspecified atom stereocenters. The van der Waals surface area contributed by atoms with Gasteiger partial charge >= 0.3 is 0 Å². The van der Waals surface area contributed by atoms with E-state index in [0.717, 1.165) is 12.8 Å². The molecule has 0 N–H and O–H groups in total. The van der Waals surface area contributed by atoms with Gasteiger partial charge in [-0.15, -0.1) is 0 Å². The third-order valence-electron chi connectivity index (χ3n) is 3.51. The Balaban J connectivity index is 2.40. The van der Waals surface area contributed by atoms with Gasteiger partial charge in [0.2, 0.25) is 0 Å². The zero-order chi connectivity index (χ0) is 12.6. The van der Waals surface area contributed by atoms with Crippen LogP contribution in [0.15, 0.2) is 12.1 Å². The Morgan fingerprint density at radius 1 is 1.06 bits per heavy atom. The first-order valence-corrected chi connectivity index (χ1v) is 5.63. The topological polar surface area (TPSA) is 17.1 Å². The zero-order valence-corrected chi connectivity index (χ0v) is 9.53. The third kappa shape index (κ3) is 2.08. The summed E-state index contributed by atoms with van der Waals surface area (Å²) in [5, 5.41) is 0. The molecule has 0 saturated heterocycles. The minimum absolute atomic E-state index is 0.340. The van der Waals surface area contributed by atoms with Crippen LogP contribution in [-0.4, -0.2) is 5.78 Å². The predicted octanol–water partition coefficient (Wildman–Crippen LogP) is 3.87. The van der Waals surface area contributed by atoms with Crippen molar-refractivity contribution >= 4 is 5.78 Å². The van der Waals surface area contributed by atoms with Crippen LogP contribution >= 0.6 is 0 Å². The Kier molecular flexibility index (Phi) is 2.98. The van der Waals surface area contributed by atoms with Gasteiger partial charge in [-0.25, -0.2) is 13.2 Å². The molecule has 0 atom stereocenters. The average Bonchev–Trinajstić information content (AvgIpc) is 2.71. The number of carbonyl (C=O) groups is 1. The number of hydrogen-bond acceptors (Lipinski definition) is 1. The van der Waals surface area contributed by atoms with E-state index in [1.54, 1.807) is 6.92 Å². The number of hydrogen-bond donors (Lipinski definition) is 0. The van der Waals surface area contributed by atoms with Crippen molar-refractivity contribution < 1.29 is 18.0 Å². The number of rotatable bonds is 2. The molecule has 92 valence electrons. The van der Waals surface area contributed by atoms with Gasteiger partial charge in [0.25, 0.3) is 0 Å². The summed E-state index contributed by atoms with van der Waals surface area (Å²) in [5.41, 5.74) is -0.973. The summed E-state index contributed by atoms with van der Waals surface area (Å²) in [5.74, 6) is -3.86. The first-order valence-electron chi connectivity index (χ1n) is 5.63. The van der Waals surface area contributed by atoms with Crippen LogP contribution in [0.2, 0.25) is 0 Å². The number of halogens is 3. The lowest BCUT2D eigenvalue weighted by Crippen LogP contribution is -2.25. The van der Waals surface area contributed by atoms with E-state index < -0.39 is 28.6 Å². The SMILES string of the molecule is CC1(C(=O)c2cc(F)c(F)cc2F)CCCC1. The molecule has 1 aliphatic carbocycles. The number of Topliss-reactive ketones (excluding diaryl/α,β-unsaturated/α-hetero) is 1. The summed E-state index contributed by atoms with van der Waals surface area (Å²) < 4.78 is 39.3. The van der Waals surface area contributed by atoms with Gasteiger partial charge in [-0.3, -0.25) is 4.79 Å². The maximum absolute atomic E-state index is 13.5. The van der Waals surface area contributed by atoms with Crippen LogP contribution in [0, 0.1) is 22.9 Å². The molecule has 2 rings (SSSR count). The molecule has 1 saturated carbocycles. The van der Waals surface area contributed by atoms with Gasteiger partial charge in [0.1, 0.15) is 5.82 Å². The van der Waals surface area contributed by atoms with Crippen LogP contribution in [0.25, 0.3) is 0 Å². The standard InChI is InChI=1S/C13H13F3O/c1-13(4-2-3-5-13)12(17)8-6-10(15)11(16)7-9(8)14/h6-7H,2-5H2,1H3. The van der Waals surface area contributed by atoms with Crippen molar-refractivity contribution in [3.63, 3.8) is 0 Å². The minimum atomic E-state index is -1.27. The Labute approximate surface area is 97.6 Å². The van der Waals surface area contributed by atoms with Crippen LogP contribution in [0.4, 0.5) is 13.2 Å². The molecule has 4 heteroatoms. The molecule has 0 aromatic heterocycles. The Morgan fingerprint density at radius 3 is 2.18 bits per heavy atom. The highest BCUT2D eigenvalue weighted by molar-refractivity contribution is 6.00. The molecule has 0 heterocycles. The van der Waals surface area contributed by atoms with Gasteiger partial charge in [-0.2, -0.15) is 0 Å². The van der Waals surface area contributed by atoms with E-state index in [1.807, 2.05) is 0 Å². The summed E-state index contributed by atoms with van der Waals surface area (Å²) in [6.07, 6.45) is 3.16. The van der Waals surface area contributed by atoms with Crippen molar-refractivity contribution in [2.75, 3.05) is 0 Å². The van der Waals surface area contributed by atoms with Crippen molar-refractivity contribution in [1.29, 1.82) is 0 Å². The minimum Gasteiger partial charge on any atom is -0.293 e. The van der Waals surface area contributed by atoms with Crippen LogP contribution in [0.5, 0.6) is 0 Å². The molecule has 0 amide bonds. The van der Waals surface area contributed by atoms with E-state index in [-0.39, 0.29) is 5.56 Å². The van der Waals surface area contributed by atoms with Crippen LogP contribution in [0.3, 0.4) is 0 Å². The Bertz CT molecular complexity index is 462. The first kappa shape index (κ1) is 12.1. The van der Waals surface area contributed by atoms with Crippen molar-refractivity contribution in [3.8, 4) is 0 Å². The van der Waals surface area contributed by atoms with Gasteiger partial charge in [-0.1, -0.05) is 19.8 Å². The molecule has 17 heavy (non-hydrogen) atoms. The summed E-state index contributed by atoms with van der Waals surface area (Å²) >= 11 is 0. The van der Waals surface area contributed by atoms with Gasteiger partial charge < -0.3 is 0 Å². The number of benzene rings is 1. The molecule has 0 bridgehead atoms. The molecule has 1 aromatic rings. The molecule has 0 radical (unpaired) electrons. The van der Waals surface area contributed by atoms with Gasteiger partial charge in [0, 0.05) is 11.5 Å². The van der Waals surface area contributed by atoms with E-state index in [2.05, 4.69) is 0 Å². The maximum atomic E-state index is 13.5. The molecule has 1 fully saturated rings. The third-order valence-corrected chi connectivity index (χ3v) is 3.51. The summed E-state index contributed by atoms with van der Waals surface area (Å²) in [6.45, 7) is 1.75. The predicted molar refractivity (Wildman–Crippen MR) is 57.2 cm³/mol. The fourth-order valence-electron chi connectivity index (χ4n) is 2.40. The molecule has 1 aliphatic rings. The monoisotopic (exact) mass is 242 g/mol. The summed E-state index contributed by atoms with van der Waals surface area (Å²) in [6, 6.07) is 1.09. The second-order valence-electron chi connectivity index (χ2n) is 4.84. The van der Waals surface area contributed by atoms with Crippen LogP contribution in [0.1, 0.15) is 43.0 Å². The normalized spacial score (nSPS) is 18.4. The van der Waals surface area contributed by atoms with Gasteiger partial charge in [-0.05, 0) is 18.9 Å². The maximum Gasteiger partial charge on any atom is 0.171 e. The van der Waals surface area contributed by atoms with Gasteiger partial charge in [0.05, 0.1) is 5.56 Å². The molecular formula is C13H13F3O. The van der Waals surface area contributed by atoms with E-state index in [4.69, 9.17) is 0 Å². The fraction of sp³-hybridized carbons (Fsp3) is 0.462. The highest BCUT2D eigenvalue weighted by Gasteiger charge is 2.38. The summed E-state index contributed by atoms with van der Waals surface area (Å²) in [7, 11) is 0. The average molecular weight is 242 g/mol. The van der Waals surface area contributed by atoms with Crippen molar-refractivity contribution in [2.45, 2.75) is 32.6 Å². The highest BCUT2D eigenvalue weighted by Crippen LogP contribution is 2.40. The zero-order valence-electron chi connectivity index (χ0n) is 9.53. The van der Waals surface area contributed by atoms with Gasteiger partial charge in [0.15, 0.2) is 17.4 Å². The van der Waals surface area contributed by atoms with Crippen molar-refractivity contribution in [2.24, 2.45) is 5.41 Å². The number of ketones is 1. The van der Waals surface area contributed by atoms with Crippen molar-refractivity contribution in [1.82, 2.24) is 0 Å². The molecule has 0 aliphatic heterocycles. The first-order chi connectivity index (χ1) is 7.94. The second-order valence-corrected chi connectivity index (χ2v) is 4.84. The highest BCUT2D eigenvalue weighted by atomic mass is 19.2.